The number of rotatable bonds is 4. The standard InChI is InChI=1S/C12H13BrClNO4S/c13-8-2-4-11(10(14)6-8)20(18,19)15-9-3-1-7(5-9)12(16)17/h2,4,6-7,9,15H,1,3,5H2,(H,16,17)/t7-,9+/m1/s1. The molecule has 0 aliphatic heterocycles. The monoisotopic (exact) mass is 381 g/mol. The first kappa shape index (κ1) is 15.8. The van der Waals surface area contributed by atoms with E-state index in [1.165, 1.54) is 12.1 Å². The third-order valence-electron chi connectivity index (χ3n) is 3.29. The largest absolute Gasteiger partial charge is 0.481 e. The highest BCUT2D eigenvalue weighted by molar-refractivity contribution is 9.10. The van der Waals surface area contributed by atoms with Crippen LogP contribution in [-0.2, 0) is 14.8 Å². The summed E-state index contributed by atoms with van der Waals surface area (Å²) in [5, 5.41) is 9.04. The van der Waals surface area contributed by atoms with Gasteiger partial charge in [0.25, 0.3) is 0 Å². The first-order chi connectivity index (χ1) is 9.29. The lowest BCUT2D eigenvalue weighted by Gasteiger charge is -2.14. The van der Waals surface area contributed by atoms with Crippen molar-refractivity contribution in [3.05, 3.63) is 27.7 Å². The zero-order valence-corrected chi connectivity index (χ0v) is 13.5. The third kappa shape index (κ3) is 3.52. The van der Waals surface area contributed by atoms with Crippen LogP contribution in [0, 0.1) is 5.92 Å². The molecular weight excluding hydrogens is 370 g/mol. The summed E-state index contributed by atoms with van der Waals surface area (Å²) in [5.74, 6) is -1.36. The first-order valence-electron chi connectivity index (χ1n) is 6.00. The number of nitrogens with one attached hydrogen (secondary N) is 1. The van der Waals surface area contributed by atoms with Crippen LogP contribution in [0.3, 0.4) is 0 Å². The van der Waals surface area contributed by atoms with Gasteiger partial charge < -0.3 is 5.11 Å². The van der Waals surface area contributed by atoms with Gasteiger partial charge in [0.15, 0.2) is 0 Å². The van der Waals surface area contributed by atoms with Crippen molar-refractivity contribution in [2.45, 2.75) is 30.2 Å². The zero-order valence-electron chi connectivity index (χ0n) is 10.3. The molecule has 1 fully saturated rings. The molecule has 110 valence electrons. The Bertz CT molecular complexity index is 634. The molecule has 2 rings (SSSR count). The Morgan fingerprint density at radius 3 is 2.65 bits per heavy atom. The Labute approximate surface area is 130 Å². The molecule has 5 nitrogen and oxygen atoms in total. The van der Waals surface area contributed by atoms with Gasteiger partial charge in [0, 0.05) is 10.5 Å². The number of carbonyl (C=O) groups is 1. The summed E-state index contributed by atoms with van der Waals surface area (Å²) in [4.78, 5) is 10.9. The SMILES string of the molecule is O=C(O)[C@@H]1CC[C@H](NS(=O)(=O)c2ccc(Br)cc2Cl)C1. The molecule has 1 aliphatic rings. The summed E-state index contributed by atoms with van der Waals surface area (Å²) in [6.07, 6.45) is 1.31. The molecule has 8 heteroatoms. The van der Waals surface area contributed by atoms with E-state index in [2.05, 4.69) is 20.7 Å². The molecule has 0 bridgehead atoms. The van der Waals surface area contributed by atoms with E-state index in [1.807, 2.05) is 0 Å². The molecular formula is C12H13BrClNO4S. The minimum absolute atomic E-state index is 0.00106. The van der Waals surface area contributed by atoms with E-state index < -0.39 is 21.9 Å². The molecule has 2 N–H and O–H groups in total. The van der Waals surface area contributed by atoms with Crippen molar-refractivity contribution >= 4 is 43.5 Å². The minimum Gasteiger partial charge on any atom is -0.481 e. The van der Waals surface area contributed by atoms with Gasteiger partial charge in [0.2, 0.25) is 10.0 Å². The van der Waals surface area contributed by atoms with Crippen LogP contribution in [0.15, 0.2) is 27.6 Å². The number of hydrogen-bond donors (Lipinski definition) is 2. The summed E-state index contributed by atoms with van der Waals surface area (Å²) < 4.78 is 27.7. The van der Waals surface area contributed by atoms with Crippen LogP contribution in [0.25, 0.3) is 0 Å². The minimum atomic E-state index is -3.74. The van der Waals surface area contributed by atoms with Gasteiger partial charge >= 0.3 is 5.97 Å². The molecule has 1 aromatic carbocycles. The Kier molecular flexibility index (Phi) is 4.73. The zero-order chi connectivity index (χ0) is 14.9. The maximum absolute atomic E-state index is 12.2. The quantitative estimate of drug-likeness (QED) is 0.838. The number of aliphatic carboxylic acids is 1. The normalized spacial score (nSPS) is 22.9. The summed E-state index contributed by atoms with van der Waals surface area (Å²) in [6, 6.07) is 4.15. The van der Waals surface area contributed by atoms with E-state index in [0.717, 1.165) is 0 Å². The molecule has 0 amide bonds. The first-order valence-corrected chi connectivity index (χ1v) is 8.65. The fraction of sp³-hybridized carbons (Fsp3) is 0.417. The van der Waals surface area contributed by atoms with E-state index in [1.54, 1.807) is 6.07 Å². The van der Waals surface area contributed by atoms with Crippen molar-refractivity contribution in [3.8, 4) is 0 Å². The smallest absolute Gasteiger partial charge is 0.306 e. The lowest BCUT2D eigenvalue weighted by atomic mass is 10.1. The third-order valence-corrected chi connectivity index (χ3v) is 5.78. The van der Waals surface area contributed by atoms with Gasteiger partial charge in [-0.05, 0) is 37.5 Å². The Morgan fingerprint density at radius 1 is 1.40 bits per heavy atom. The highest BCUT2D eigenvalue weighted by atomic mass is 79.9. The van der Waals surface area contributed by atoms with E-state index in [0.29, 0.717) is 23.7 Å². The number of hydrogen-bond acceptors (Lipinski definition) is 3. The van der Waals surface area contributed by atoms with Gasteiger partial charge in [-0.15, -0.1) is 0 Å². The predicted molar refractivity (Wildman–Crippen MR) is 78.2 cm³/mol. The molecule has 0 radical (unpaired) electrons. The van der Waals surface area contributed by atoms with E-state index in [4.69, 9.17) is 16.7 Å². The fourth-order valence-electron chi connectivity index (χ4n) is 2.29. The van der Waals surface area contributed by atoms with Gasteiger partial charge in [-0.2, -0.15) is 0 Å². The molecule has 1 aromatic rings. The maximum atomic E-state index is 12.2. The summed E-state index contributed by atoms with van der Waals surface area (Å²) in [6.45, 7) is 0. The van der Waals surface area contributed by atoms with Crippen LogP contribution in [0.4, 0.5) is 0 Å². The number of carboxylic acid groups (broad SMARTS) is 1. The molecule has 0 saturated heterocycles. The highest BCUT2D eigenvalue weighted by Gasteiger charge is 2.32. The predicted octanol–water partition coefficient (Wildman–Crippen LogP) is 2.63. The van der Waals surface area contributed by atoms with Gasteiger partial charge in [0.1, 0.15) is 4.90 Å². The van der Waals surface area contributed by atoms with Gasteiger partial charge in [-0.1, -0.05) is 27.5 Å². The second-order valence-corrected chi connectivity index (χ2v) is 7.75. The van der Waals surface area contributed by atoms with Crippen LogP contribution in [0.5, 0.6) is 0 Å². The van der Waals surface area contributed by atoms with Crippen molar-refractivity contribution in [2.75, 3.05) is 0 Å². The van der Waals surface area contributed by atoms with E-state index in [-0.39, 0.29) is 16.0 Å². The second kappa shape index (κ2) is 6.01. The van der Waals surface area contributed by atoms with E-state index >= 15 is 0 Å². The van der Waals surface area contributed by atoms with Gasteiger partial charge in [0.05, 0.1) is 10.9 Å². The fourth-order valence-corrected chi connectivity index (χ4v) is 4.61. The Morgan fingerprint density at radius 2 is 2.10 bits per heavy atom. The molecule has 0 aromatic heterocycles. The molecule has 0 spiro atoms. The number of carboxylic acids is 1. The lowest BCUT2D eigenvalue weighted by Crippen LogP contribution is -2.33. The second-order valence-electron chi connectivity index (χ2n) is 4.74. The van der Waals surface area contributed by atoms with Gasteiger partial charge in [-0.3, -0.25) is 4.79 Å². The number of sulfonamides is 1. The molecule has 0 unspecified atom stereocenters. The Hall–Kier alpha value is -0.630. The van der Waals surface area contributed by atoms with Crippen molar-refractivity contribution in [3.63, 3.8) is 0 Å². The molecule has 1 aliphatic carbocycles. The molecule has 1 saturated carbocycles. The number of benzene rings is 1. The van der Waals surface area contributed by atoms with Crippen LogP contribution in [0.2, 0.25) is 5.02 Å². The lowest BCUT2D eigenvalue weighted by molar-refractivity contribution is -0.141. The Balaban J connectivity index is 2.14. The van der Waals surface area contributed by atoms with Crippen LogP contribution >= 0.6 is 27.5 Å². The van der Waals surface area contributed by atoms with Gasteiger partial charge in [-0.25, -0.2) is 13.1 Å². The van der Waals surface area contributed by atoms with Crippen molar-refractivity contribution < 1.29 is 18.3 Å². The molecule has 0 heterocycles. The average molecular weight is 383 g/mol. The summed E-state index contributed by atoms with van der Waals surface area (Å²) in [5.41, 5.74) is 0. The van der Waals surface area contributed by atoms with Crippen LogP contribution in [-0.4, -0.2) is 25.5 Å². The van der Waals surface area contributed by atoms with Crippen molar-refractivity contribution in [1.29, 1.82) is 0 Å². The van der Waals surface area contributed by atoms with Crippen molar-refractivity contribution in [2.24, 2.45) is 5.92 Å². The van der Waals surface area contributed by atoms with Crippen LogP contribution < -0.4 is 4.72 Å². The topological polar surface area (TPSA) is 83.5 Å². The highest BCUT2D eigenvalue weighted by Crippen LogP contribution is 2.29. The van der Waals surface area contributed by atoms with Crippen molar-refractivity contribution in [1.82, 2.24) is 4.72 Å². The number of halogens is 2. The van der Waals surface area contributed by atoms with E-state index in [9.17, 15) is 13.2 Å². The molecule has 20 heavy (non-hydrogen) atoms. The maximum Gasteiger partial charge on any atom is 0.306 e. The van der Waals surface area contributed by atoms with Crippen LogP contribution in [0.1, 0.15) is 19.3 Å². The molecule has 2 atom stereocenters. The summed E-state index contributed by atoms with van der Waals surface area (Å²) >= 11 is 9.15. The summed E-state index contributed by atoms with van der Waals surface area (Å²) in [7, 11) is -3.74. The average Bonchev–Trinajstić information content (AvgIpc) is 2.76.